The molecular weight excluding hydrogens is 416 g/mol. The lowest BCUT2D eigenvalue weighted by Gasteiger charge is -2.19. The minimum absolute atomic E-state index is 0.0686. The van der Waals surface area contributed by atoms with Gasteiger partial charge in [-0.15, -0.1) is 11.3 Å². The second-order valence-corrected chi connectivity index (χ2v) is 8.77. The van der Waals surface area contributed by atoms with Crippen molar-refractivity contribution in [2.75, 3.05) is 11.9 Å². The number of anilines is 1. The average Bonchev–Trinajstić information content (AvgIpc) is 3.36. The summed E-state index contributed by atoms with van der Waals surface area (Å²) < 4.78 is 16.2. The molecule has 1 amide bonds. The minimum atomic E-state index is -0.419. The van der Waals surface area contributed by atoms with Crippen LogP contribution in [0.5, 0.6) is 5.75 Å². The lowest BCUT2D eigenvalue weighted by Crippen LogP contribution is -2.11. The van der Waals surface area contributed by atoms with Crippen molar-refractivity contribution in [3.05, 3.63) is 64.6 Å². The molecule has 3 rings (SSSR count). The number of amides is 1. The van der Waals surface area contributed by atoms with Gasteiger partial charge in [0.15, 0.2) is 10.9 Å². The maximum absolute atomic E-state index is 12.4. The number of nitrogens with one attached hydrogen (secondary N) is 1. The third kappa shape index (κ3) is 6.42. The van der Waals surface area contributed by atoms with Crippen molar-refractivity contribution in [3.63, 3.8) is 0 Å². The first-order valence-electron chi connectivity index (χ1n) is 9.98. The minimum Gasteiger partial charge on any atom is -0.486 e. The van der Waals surface area contributed by atoms with E-state index in [4.69, 9.17) is 13.9 Å². The van der Waals surface area contributed by atoms with Gasteiger partial charge in [-0.3, -0.25) is 14.9 Å². The van der Waals surface area contributed by atoms with E-state index in [9.17, 15) is 9.59 Å². The van der Waals surface area contributed by atoms with E-state index in [1.165, 1.54) is 16.9 Å². The highest BCUT2D eigenvalue weighted by Gasteiger charge is 2.16. The predicted octanol–water partition coefficient (Wildman–Crippen LogP) is 4.97. The molecule has 0 saturated heterocycles. The Bertz CT molecular complexity index is 1030. The molecule has 164 valence electrons. The van der Waals surface area contributed by atoms with Crippen molar-refractivity contribution in [2.45, 2.75) is 46.1 Å². The fraction of sp³-hybridized carbons (Fsp3) is 0.348. The smallest absolute Gasteiger partial charge is 0.311 e. The first-order valence-corrected chi connectivity index (χ1v) is 10.9. The molecule has 0 radical (unpaired) electrons. The molecule has 0 unspecified atom stereocenters. The summed E-state index contributed by atoms with van der Waals surface area (Å²) >= 11 is 1.23. The number of hydrogen-bond acceptors (Lipinski definition) is 7. The van der Waals surface area contributed by atoms with E-state index in [1.807, 2.05) is 24.3 Å². The second-order valence-electron chi connectivity index (χ2n) is 7.91. The quantitative estimate of drug-likeness (QED) is 0.495. The summed E-state index contributed by atoms with van der Waals surface area (Å²) in [7, 11) is 0. The van der Waals surface area contributed by atoms with Crippen LogP contribution in [-0.4, -0.2) is 23.5 Å². The number of ether oxygens (including phenoxy) is 2. The van der Waals surface area contributed by atoms with Gasteiger partial charge < -0.3 is 13.9 Å². The molecule has 0 bridgehead atoms. The Labute approximate surface area is 185 Å². The van der Waals surface area contributed by atoms with Crippen molar-refractivity contribution in [2.24, 2.45) is 0 Å². The lowest BCUT2D eigenvalue weighted by molar-refractivity contribution is -0.142. The molecule has 7 nitrogen and oxygen atoms in total. The summed E-state index contributed by atoms with van der Waals surface area (Å²) in [6, 6.07) is 11.2. The number of rotatable bonds is 8. The Hall–Kier alpha value is -3.13. The summed E-state index contributed by atoms with van der Waals surface area (Å²) in [6.45, 7) is 8.75. The molecule has 31 heavy (non-hydrogen) atoms. The number of furan rings is 1. The molecule has 2 heterocycles. The van der Waals surface area contributed by atoms with Crippen LogP contribution in [-0.2, 0) is 28.0 Å². The van der Waals surface area contributed by atoms with Gasteiger partial charge in [-0.25, -0.2) is 4.98 Å². The van der Waals surface area contributed by atoms with Gasteiger partial charge in [0.1, 0.15) is 18.1 Å². The van der Waals surface area contributed by atoms with Gasteiger partial charge in [0.2, 0.25) is 0 Å². The number of carbonyl (C=O) groups excluding carboxylic acids is 2. The van der Waals surface area contributed by atoms with Crippen LogP contribution < -0.4 is 10.1 Å². The molecule has 1 aromatic carbocycles. The van der Waals surface area contributed by atoms with E-state index in [1.54, 1.807) is 24.4 Å². The van der Waals surface area contributed by atoms with Gasteiger partial charge in [-0.05, 0) is 42.2 Å². The van der Waals surface area contributed by atoms with E-state index in [0.29, 0.717) is 23.2 Å². The highest BCUT2D eigenvalue weighted by Crippen LogP contribution is 2.25. The maximum atomic E-state index is 12.4. The van der Waals surface area contributed by atoms with Crippen LogP contribution in [0.1, 0.15) is 55.3 Å². The van der Waals surface area contributed by atoms with E-state index in [2.05, 4.69) is 31.1 Å². The first-order chi connectivity index (χ1) is 14.7. The summed E-state index contributed by atoms with van der Waals surface area (Å²) in [6.07, 6.45) is 0.0686. The van der Waals surface area contributed by atoms with Gasteiger partial charge in [0, 0.05) is 5.38 Å². The molecule has 2 aromatic heterocycles. The molecule has 0 saturated carbocycles. The van der Waals surface area contributed by atoms with Crippen LogP contribution in [0, 0.1) is 0 Å². The van der Waals surface area contributed by atoms with Crippen LogP contribution in [0.2, 0.25) is 0 Å². The second kappa shape index (κ2) is 9.78. The summed E-state index contributed by atoms with van der Waals surface area (Å²) in [4.78, 5) is 28.1. The van der Waals surface area contributed by atoms with E-state index >= 15 is 0 Å². The van der Waals surface area contributed by atoms with Crippen molar-refractivity contribution < 1.29 is 23.5 Å². The highest BCUT2D eigenvalue weighted by molar-refractivity contribution is 7.14. The Balaban J connectivity index is 1.53. The molecule has 0 fully saturated rings. The van der Waals surface area contributed by atoms with Crippen molar-refractivity contribution in [1.29, 1.82) is 0 Å². The Morgan fingerprint density at radius 2 is 1.87 bits per heavy atom. The SMILES string of the molecule is CCOC(=O)Cc1csc(NC(=O)c2ccc(COc3ccc(C(C)(C)C)cc3)o2)n1. The number of aromatic nitrogens is 1. The zero-order valence-electron chi connectivity index (χ0n) is 18.1. The third-order valence-electron chi connectivity index (χ3n) is 4.39. The van der Waals surface area contributed by atoms with Gasteiger partial charge in [0.05, 0.1) is 18.7 Å². The zero-order chi connectivity index (χ0) is 22.4. The molecule has 8 heteroatoms. The summed E-state index contributed by atoms with van der Waals surface area (Å²) in [5.41, 5.74) is 1.85. The number of hydrogen-bond donors (Lipinski definition) is 1. The number of thiazole rings is 1. The fourth-order valence-corrected chi connectivity index (χ4v) is 3.45. The lowest BCUT2D eigenvalue weighted by atomic mass is 9.87. The number of carbonyl (C=O) groups is 2. The maximum Gasteiger partial charge on any atom is 0.311 e. The Kier molecular flexibility index (Phi) is 7.12. The normalized spacial score (nSPS) is 11.2. The number of benzene rings is 1. The first kappa shape index (κ1) is 22.6. The monoisotopic (exact) mass is 442 g/mol. The molecule has 0 aliphatic carbocycles. The Morgan fingerprint density at radius 3 is 2.55 bits per heavy atom. The van der Waals surface area contributed by atoms with Gasteiger partial charge in [-0.1, -0.05) is 32.9 Å². The van der Waals surface area contributed by atoms with Crippen LogP contribution in [0.4, 0.5) is 5.13 Å². The molecule has 0 spiro atoms. The fourth-order valence-electron chi connectivity index (χ4n) is 2.75. The van der Waals surface area contributed by atoms with Gasteiger partial charge >= 0.3 is 5.97 Å². The largest absolute Gasteiger partial charge is 0.486 e. The molecule has 1 N–H and O–H groups in total. The predicted molar refractivity (Wildman–Crippen MR) is 119 cm³/mol. The van der Waals surface area contributed by atoms with Crippen molar-refractivity contribution in [1.82, 2.24) is 4.98 Å². The highest BCUT2D eigenvalue weighted by atomic mass is 32.1. The van der Waals surface area contributed by atoms with Gasteiger partial charge in [-0.2, -0.15) is 0 Å². The molecule has 0 aliphatic heterocycles. The van der Waals surface area contributed by atoms with Crippen molar-refractivity contribution >= 4 is 28.3 Å². The average molecular weight is 443 g/mol. The third-order valence-corrected chi connectivity index (χ3v) is 5.20. The Morgan fingerprint density at radius 1 is 1.13 bits per heavy atom. The summed E-state index contributed by atoms with van der Waals surface area (Å²) in [5.74, 6) is 0.649. The molecule has 0 aliphatic rings. The summed E-state index contributed by atoms with van der Waals surface area (Å²) in [5, 5.41) is 4.77. The zero-order valence-corrected chi connectivity index (χ0v) is 18.9. The topological polar surface area (TPSA) is 90.7 Å². The van der Waals surface area contributed by atoms with Crippen LogP contribution >= 0.6 is 11.3 Å². The van der Waals surface area contributed by atoms with Crippen LogP contribution in [0.25, 0.3) is 0 Å². The van der Waals surface area contributed by atoms with Crippen LogP contribution in [0.3, 0.4) is 0 Å². The molecule has 3 aromatic rings. The van der Waals surface area contributed by atoms with Crippen LogP contribution in [0.15, 0.2) is 46.2 Å². The van der Waals surface area contributed by atoms with E-state index in [-0.39, 0.29) is 30.2 Å². The van der Waals surface area contributed by atoms with Gasteiger partial charge in [0.25, 0.3) is 5.91 Å². The standard InChI is InChI=1S/C23H26N2O5S/c1-5-28-20(26)12-16-14-31-22(24-16)25-21(27)19-11-10-18(30-19)13-29-17-8-6-15(7-9-17)23(2,3)4/h6-11,14H,5,12-13H2,1-4H3,(H,24,25,27). The number of esters is 1. The number of nitrogens with zero attached hydrogens (tertiary/aromatic N) is 1. The van der Waals surface area contributed by atoms with E-state index in [0.717, 1.165) is 5.75 Å². The van der Waals surface area contributed by atoms with Crippen molar-refractivity contribution in [3.8, 4) is 5.75 Å². The molecular formula is C23H26N2O5S. The molecule has 0 atom stereocenters. The van der Waals surface area contributed by atoms with E-state index < -0.39 is 5.91 Å².